The molecule has 0 unspecified atom stereocenters. The fourth-order valence-electron chi connectivity index (χ4n) is 1.91. The van der Waals surface area contributed by atoms with Crippen LogP contribution >= 0.6 is 22.6 Å². The van der Waals surface area contributed by atoms with Gasteiger partial charge in [-0.05, 0) is 52.8 Å². The molecule has 0 fully saturated rings. The lowest BCUT2D eigenvalue weighted by Gasteiger charge is -2.13. The lowest BCUT2D eigenvalue weighted by molar-refractivity contribution is 0.802. The monoisotopic (exact) mass is 383 g/mol. The molecule has 2 rings (SSSR count). The molecule has 1 N–H and O–H groups in total. The number of aromatic nitrogens is 2. The van der Waals surface area contributed by atoms with E-state index >= 15 is 0 Å². The van der Waals surface area contributed by atoms with Crippen LogP contribution in [0.2, 0.25) is 0 Å². The van der Waals surface area contributed by atoms with Gasteiger partial charge in [0.25, 0.3) is 5.56 Å². The number of rotatable bonds is 3. The molecule has 0 amide bonds. The van der Waals surface area contributed by atoms with E-state index in [0.29, 0.717) is 9.39 Å². The molecule has 1 aromatic carbocycles. The highest BCUT2D eigenvalue weighted by Gasteiger charge is 2.13. The Morgan fingerprint density at radius 3 is 2.30 bits per heavy atom. The van der Waals surface area contributed by atoms with E-state index in [-0.39, 0.29) is 11.5 Å². The van der Waals surface area contributed by atoms with E-state index in [1.54, 1.807) is 0 Å². The SMILES string of the molecule is CC(C)c1nc(-c2ccc(N(C)C)cc2)[nH]c(=O)c1I. The van der Waals surface area contributed by atoms with Gasteiger partial charge < -0.3 is 9.88 Å². The number of hydrogen-bond donors (Lipinski definition) is 1. The minimum atomic E-state index is -0.0732. The summed E-state index contributed by atoms with van der Waals surface area (Å²) >= 11 is 2.06. The molecule has 4 nitrogen and oxygen atoms in total. The number of hydrogen-bond acceptors (Lipinski definition) is 3. The van der Waals surface area contributed by atoms with Crippen molar-refractivity contribution in [2.24, 2.45) is 0 Å². The van der Waals surface area contributed by atoms with Gasteiger partial charge in [-0.25, -0.2) is 4.98 Å². The lowest BCUT2D eigenvalue weighted by atomic mass is 10.1. The molecule has 0 atom stereocenters. The molecule has 0 aliphatic heterocycles. The van der Waals surface area contributed by atoms with Gasteiger partial charge in [0.15, 0.2) is 0 Å². The second kappa shape index (κ2) is 5.95. The van der Waals surface area contributed by atoms with E-state index in [0.717, 1.165) is 16.9 Å². The molecule has 2 aromatic rings. The maximum atomic E-state index is 12.0. The van der Waals surface area contributed by atoms with E-state index in [1.807, 2.05) is 57.1 Å². The minimum Gasteiger partial charge on any atom is -0.378 e. The summed E-state index contributed by atoms with van der Waals surface area (Å²) in [7, 11) is 3.99. The fraction of sp³-hybridized carbons (Fsp3) is 0.333. The van der Waals surface area contributed by atoms with Crippen LogP contribution in [-0.4, -0.2) is 24.1 Å². The van der Waals surface area contributed by atoms with Crippen LogP contribution in [0.5, 0.6) is 0 Å². The summed E-state index contributed by atoms with van der Waals surface area (Å²) in [5.41, 5.74) is 2.81. The largest absolute Gasteiger partial charge is 0.378 e. The number of nitrogens with zero attached hydrogens (tertiary/aromatic N) is 2. The number of anilines is 1. The summed E-state index contributed by atoms with van der Waals surface area (Å²) in [5, 5.41) is 0. The van der Waals surface area contributed by atoms with Crippen molar-refractivity contribution >= 4 is 28.3 Å². The molecule has 20 heavy (non-hydrogen) atoms. The second-order valence-corrected chi connectivity index (χ2v) is 6.29. The van der Waals surface area contributed by atoms with Gasteiger partial charge in [-0.1, -0.05) is 13.8 Å². The number of nitrogens with one attached hydrogen (secondary N) is 1. The number of halogens is 1. The standard InChI is InChI=1S/C15H18IN3O/c1-9(2)13-12(16)15(20)18-14(17-13)10-5-7-11(8-6-10)19(3)4/h5-9H,1-4H3,(H,17,18,20). The minimum absolute atomic E-state index is 0.0732. The van der Waals surface area contributed by atoms with Crippen LogP contribution in [0.1, 0.15) is 25.5 Å². The average Bonchev–Trinajstić information content (AvgIpc) is 2.41. The highest BCUT2D eigenvalue weighted by atomic mass is 127. The molecule has 0 aliphatic rings. The van der Waals surface area contributed by atoms with E-state index in [9.17, 15) is 4.79 Å². The van der Waals surface area contributed by atoms with E-state index in [1.165, 1.54) is 0 Å². The summed E-state index contributed by atoms with van der Waals surface area (Å²) in [6.45, 7) is 4.09. The van der Waals surface area contributed by atoms with Gasteiger partial charge in [-0.3, -0.25) is 4.79 Å². The number of H-pyrrole nitrogens is 1. The quantitative estimate of drug-likeness (QED) is 0.829. The second-order valence-electron chi connectivity index (χ2n) is 5.21. The first-order valence-electron chi connectivity index (χ1n) is 6.47. The van der Waals surface area contributed by atoms with Crippen LogP contribution in [0, 0.1) is 3.57 Å². The highest BCUT2D eigenvalue weighted by Crippen LogP contribution is 2.22. The van der Waals surface area contributed by atoms with Gasteiger partial charge >= 0.3 is 0 Å². The van der Waals surface area contributed by atoms with E-state index in [4.69, 9.17) is 0 Å². The Morgan fingerprint density at radius 1 is 1.20 bits per heavy atom. The third-order valence-corrected chi connectivity index (χ3v) is 4.13. The zero-order valence-corrected chi connectivity index (χ0v) is 14.2. The smallest absolute Gasteiger partial charge is 0.264 e. The van der Waals surface area contributed by atoms with Crippen LogP contribution in [0.25, 0.3) is 11.4 Å². The Labute approximate surface area is 132 Å². The maximum absolute atomic E-state index is 12.0. The first kappa shape index (κ1) is 15.0. The van der Waals surface area contributed by atoms with Crippen molar-refractivity contribution in [2.75, 3.05) is 19.0 Å². The summed E-state index contributed by atoms with van der Waals surface area (Å²) in [4.78, 5) is 21.5. The number of benzene rings is 1. The van der Waals surface area contributed by atoms with Crippen LogP contribution < -0.4 is 10.5 Å². The van der Waals surface area contributed by atoms with Gasteiger partial charge in [0.1, 0.15) is 5.82 Å². The van der Waals surface area contributed by atoms with Crippen molar-refractivity contribution in [3.8, 4) is 11.4 Å². The Hall–Kier alpha value is -1.37. The van der Waals surface area contributed by atoms with Crippen LogP contribution in [0.15, 0.2) is 29.1 Å². The fourth-order valence-corrected chi connectivity index (χ4v) is 2.79. The lowest BCUT2D eigenvalue weighted by Crippen LogP contribution is -2.17. The molecular formula is C15H18IN3O. The van der Waals surface area contributed by atoms with Gasteiger partial charge in [0.05, 0.1) is 9.26 Å². The van der Waals surface area contributed by atoms with Crippen molar-refractivity contribution < 1.29 is 0 Å². The van der Waals surface area contributed by atoms with Crippen molar-refractivity contribution in [3.05, 3.63) is 43.9 Å². The Balaban J connectivity index is 2.50. The third-order valence-electron chi connectivity index (χ3n) is 3.09. The molecule has 0 spiro atoms. The predicted molar refractivity (Wildman–Crippen MR) is 91.4 cm³/mol. The average molecular weight is 383 g/mol. The molecular weight excluding hydrogens is 365 g/mol. The predicted octanol–water partition coefficient (Wildman–Crippen LogP) is 3.23. The van der Waals surface area contributed by atoms with Crippen molar-refractivity contribution in [3.63, 3.8) is 0 Å². The van der Waals surface area contributed by atoms with Crippen LogP contribution in [0.3, 0.4) is 0 Å². The topological polar surface area (TPSA) is 49.0 Å². The molecule has 0 radical (unpaired) electrons. The van der Waals surface area contributed by atoms with E-state index in [2.05, 4.69) is 32.6 Å². The Kier molecular flexibility index (Phi) is 4.47. The van der Waals surface area contributed by atoms with Crippen molar-refractivity contribution in [1.82, 2.24) is 9.97 Å². The molecule has 0 aliphatic carbocycles. The summed E-state index contributed by atoms with van der Waals surface area (Å²) in [5.74, 6) is 0.855. The molecule has 0 bridgehead atoms. The summed E-state index contributed by atoms with van der Waals surface area (Å²) < 4.78 is 0.672. The van der Waals surface area contributed by atoms with Crippen molar-refractivity contribution in [1.29, 1.82) is 0 Å². The molecule has 1 heterocycles. The Bertz CT molecular complexity index is 660. The third kappa shape index (κ3) is 3.03. The van der Waals surface area contributed by atoms with Gasteiger partial charge in [-0.2, -0.15) is 0 Å². The van der Waals surface area contributed by atoms with E-state index < -0.39 is 0 Å². The molecule has 106 valence electrons. The summed E-state index contributed by atoms with van der Waals surface area (Å²) in [6, 6.07) is 7.99. The molecule has 0 saturated carbocycles. The van der Waals surface area contributed by atoms with Gasteiger partial charge in [0, 0.05) is 25.3 Å². The van der Waals surface area contributed by atoms with Gasteiger partial charge in [-0.15, -0.1) is 0 Å². The van der Waals surface area contributed by atoms with Gasteiger partial charge in [0.2, 0.25) is 0 Å². The Morgan fingerprint density at radius 2 is 1.80 bits per heavy atom. The summed E-state index contributed by atoms with van der Waals surface area (Å²) in [6.07, 6.45) is 0. The van der Waals surface area contributed by atoms with Crippen LogP contribution in [0.4, 0.5) is 5.69 Å². The maximum Gasteiger partial charge on any atom is 0.264 e. The normalized spacial score (nSPS) is 10.9. The zero-order chi connectivity index (χ0) is 14.9. The zero-order valence-electron chi connectivity index (χ0n) is 12.1. The number of aromatic amines is 1. The molecule has 1 aromatic heterocycles. The first-order valence-corrected chi connectivity index (χ1v) is 7.55. The first-order chi connectivity index (χ1) is 9.40. The molecule has 5 heteroatoms. The van der Waals surface area contributed by atoms with Crippen molar-refractivity contribution in [2.45, 2.75) is 19.8 Å². The van der Waals surface area contributed by atoms with Crippen LogP contribution in [-0.2, 0) is 0 Å². The highest BCUT2D eigenvalue weighted by molar-refractivity contribution is 14.1. The molecule has 0 saturated heterocycles.